The van der Waals surface area contributed by atoms with Crippen molar-refractivity contribution in [2.24, 2.45) is 11.7 Å². The van der Waals surface area contributed by atoms with Crippen LogP contribution in [-0.4, -0.2) is 59.5 Å². The van der Waals surface area contributed by atoms with Gasteiger partial charge in [-0.1, -0.05) is 30.4 Å². The summed E-state index contributed by atoms with van der Waals surface area (Å²) in [6.07, 6.45) is 3.01. The summed E-state index contributed by atoms with van der Waals surface area (Å²) in [5, 5.41) is 22.9. The summed E-state index contributed by atoms with van der Waals surface area (Å²) < 4.78 is 16.5. The van der Waals surface area contributed by atoms with Gasteiger partial charge in [-0.3, -0.25) is 9.59 Å². The number of para-hydroxylation sites is 1. The fourth-order valence-corrected chi connectivity index (χ4v) is 4.05. The molecule has 0 heterocycles. The van der Waals surface area contributed by atoms with Crippen LogP contribution in [0.25, 0.3) is 0 Å². The van der Waals surface area contributed by atoms with Gasteiger partial charge in [-0.2, -0.15) is 0 Å². The Bertz CT molecular complexity index is 1070. The molecule has 2 amide bonds. The molecule has 3 rings (SSSR count). The number of aliphatic hydroxyl groups excluding tert-OH is 2. The predicted octanol–water partition coefficient (Wildman–Crippen LogP) is 2.97. The average Bonchev–Trinajstić information content (AvgIpc) is 3.16. The maximum absolute atomic E-state index is 12.4. The van der Waals surface area contributed by atoms with Crippen LogP contribution in [0.1, 0.15) is 32.1 Å². The van der Waals surface area contributed by atoms with Gasteiger partial charge in [0.1, 0.15) is 30.0 Å². The maximum Gasteiger partial charge on any atom is 0.316 e. The Morgan fingerprint density at radius 2 is 1.79 bits per heavy atom. The number of rotatable bonds is 14. The first-order chi connectivity index (χ1) is 18.3. The minimum atomic E-state index is -0.918. The second-order valence-electron chi connectivity index (χ2n) is 9.01. The van der Waals surface area contributed by atoms with E-state index in [1.807, 2.05) is 30.4 Å². The molecule has 0 radical (unpaired) electrons. The molecule has 0 aromatic heterocycles. The van der Waals surface area contributed by atoms with Crippen molar-refractivity contribution in [2.45, 2.75) is 50.4 Å². The van der Waals surface area contributed by atoms with E-state index in [4.69, 9.17) is 19.9 Å². The Balaban J connectivity index is 1.34. The number of hydrogen-bond donors (Lipinski definition) is 4. The number of anilines is 1. The third-order valence-corrected chi connectivity index (χ3v) is 5.93. The van der Waals surface area contributed by atoms with Gasteiger partial charge in [-0.15, -0.1) is 0 Å². The number of Topliss-reactive ketones (excluding diaryl/α,β-unsaturated/α-hetero) is 1. The molecule has 1 aliphatic rings. The summed E-state index contributed by atoms with van der Waals surface area (Å²) in [6, 6.07) is 14.7. The standard InChI is InChI=1S/C28H34N2O8/c29-28(35)30-19-12-14-22(15-13-19)38-26(34)11-7-2-1-6-10-23-24(32)16-25(33)27(23)37-18-20(31)17-36-21-8-4-3-5-9-21/h1,3-6,8-9,12-15,20,23,25,27,31,33H,2,7,10-11,16-18H2,(H3,29,30,35)/t20?,23-,25+,27+/m0/s1. The van der Waals surface area contributed by atoms with Crippen LogP contribution in [0.4, 0.5) is 10.5 Å². The molecule has 2 aromatic carbocycles. The normalized spacial score (nSPS) is 19.8. The Labute approximate surface area is 221 Å². The van der Waals surface area contributed by atoms with Crippen molar-refractivity contribution in [3.8, 4) is 11.5 Å². The third kappa shape index (κ3) is 9.62. The predicted molar refractivity (Wildman–Crippen MR) is 140 cm³/mol. The smallest absolute Gasteiger partial charge is 0.316 e. The van der Waals surface area contributed by atoms with Crippen LogP contribution >= 0.6 is 0 Å². The number of aliphatic hydroxyl groups is 2. The van der Waals surface area contributed by atoms with Crippen molar-refractivity contribution in [3.05, 3.63) is 66.7 Å². The monoisotopic (exact) mass is 526 g/mol. The first kappa shape index (κ1) is 28.8. The fraction of sp³-hybridized carbons (Fsp3) is 0.393. The van der Waals surface area contributed by atoms with Crippen molar-refractivity contribution < 1.29 is 38.8 Å². The number of carbonyl (C=O) groups is 3. The number of urea groups is 1. The van der Waals surface area contributed by atoms with E-state index in [1.54, 1.807) is 36.4 Å². The second-order valence-corrected chi connectivity index (χ2v) is 9.01. The van der Waals surface area contributed by atoms with Gasteiger partial charge in [0.15, 0.2) is 0 Å². The zero-order valence-corrected chi connectivity index (χ0v) is 21.0. The van der Waals surface area contributed by atoms with E-state index in [0.29, 0.717) is 36.4 Å². The number of nitrogens with two attached hydrogens (primary N) is 1. The van der Waals surface area contributed by atoms with Gasteiger partial charge in [0, 0.05) is 24.4 Å². The summed E-state index contributed by atoms with van der Waals surface area (Å²) in [6.45, 7) is -0.0276. The number of carbonyl (C=O) groups excluding carboxylic acids is 3. The van der Waals surface area contributed by atoms with Crippen LogP contribution < -0.4 is 20.5 Å². The molecule has 10 nitrogen and oxygen atoms in total. The number of ketones is 1. The summed E-state index contributed by atoms with van der Waals surface area (Å²) in [5.41, 5.74) is 5.55. The SMILES string of the molecule is NC(=O)Nc1ccc(OC(=O)CCCC=CC[C@H]2C(=O)C[C@@H](O)[C@@H]2OCC(O)COc2ccccc2)cc1. The molecular weight excluding hydrogens is 492 g/mol. The van der Waals surface area contributed by atoms with Crippen molar-refractivity contribution in [1.29, 1.82) is 0 Å². The highest BCUT2D eigenvalue weighted by atomic mass is 16.5. The highest BCUT2D eigenvalue weighted by Gasteiger charge is 2.41. The van der Waals surface area contributed by atoms with Gasteiger partial charge in [0.2, 0.25) is 0 Å². The number of benzene rings is 2. The van der Waals surface area contributed by atoms with E-state index in [1.165, 1.54) is 0 Å². The summed E-state index contributed by atoms with van der Waals surface area (Å²) in [5.74, 6) is 0.0310. The molecule has 10 heteroatoms. The van der Waals surface area contributed by atoms with E-state index < -0.39 is 30.3 Å². The van der Waals surface area contributed by atoms with E-state index in [9.17, 15) is 24.6 Å². The minimum Gasteiger partial charge on any atom is -0.491 e. The second kappa shape index (κ2) is 14.9. The van der Waals surface area contributed by atoms with Crippen molar-refractivity contribution in [2.75, 3.05) is 18.5 Å². The number of hydrogen-bond acceptors (Lipinski definition) is 8. The summed E-state index contributed by atoms with van der Waals surface area (Å²) in [4.78, 5) is 35.2. The lowest BCUT2D eigenvalue weighted by molar-refractivity contribution is -0.134. The summed E-state index contributed by atoms with van der Waals surface area (Å²) in [7, 11) is 0. The Kier molecular flexibility index (Phi) is 11.3. The number of allylic oxidation sites excluding steroid dienone is 2. The molecule has 0 aliphatic heterocycles. The van der Waals surface area contributed by atoms with E-state index >= 15 is 0 Å². The van der Waals surface area contributed by atoms with Crippen LogP contribution in [0.5, 0.6) is 11.5 Å². The largest absolute Gasteiger partial charge is 0.491 e. The van der Waals surface area contributed by atoms with Gasteiger partial charge in [-0.05, 0) is 55.7 Å². The first-order valence-corrected chi connectivity index (χ1v) is 12.5. The molecule has 38 heavy (non-hydrogen) atoms. The molecule has 1 unspecified atom stereocenters. The van der Waals surface area contributed by atoms with E-state index in [0.717, 1.165) is 0 Å². The zero-order valence-electron chi connectivity index (χ0n) is 21.0. The van der Waals surface area contributed by atoms with Crippen molar-refractivity contribution in [1.82, 2.24) is 0 Å². The van der Waals surface area contributed by atoms with Crippen LogP contribution in [0.3, 0.4) is 0 Å². The quantitative estimate of drug-likeness (QED) is 0.127. The molecule has 1 saturated carbocycles. The van der Waals surface area contributed by atoms with E-state index in [-0.39, 0.29) is 37.8 Å². The molecule has 0 saturated heterocycles. The number of nitrogens with one attached hydrogen (secondary N) is 1. The highest BCUT2D eigenvalue weighted by Crippen LogP contribution is 2.29. The van der Waals surface area contributed by atoms with Gasteiger partial charge in [-0.25, -0.2) is 4.79 Å². The number of primary amides is 1. The van der Waals surface area contributed by atoms with Gasteiger partial charge in [0.05, 0.1) is 18.8 Å². The molecule has 2 aromatic rings. The average molecular weight is 527 g/mol. The van der Waals surface area contributed by atoms with Gasteiger partial charge >= 0.3 is 12.0 Å². The highest BCUT2D eigenvalue weighted by molar-refractivity contribution is 5.87. The Hall–Kier alpha value is -3.73. The summed E-state index contributed by atoms with van der Waals surface area (Å²) >= 11 is 0. The topological polar surface area (TPSA) is 157 Å². The van der Waals surface area contributed by atoms with Crippen molar-refractivity contribution >= 4 is 23.5 Å². The minimum absolute atomic E-state index is 0.0190. The number of unbranched alkanes of at least 4 members (excludes halogenated alkanes) is 1. The number of ether oxygens (including phenoxy) is 3. The molecule has 1 fully saturated rings. The van der Waals surface area contributed by atoms with Crippen LogP contribution in [-0.2, 0) is 14.3 Å². The molecule has 5 N–H and O–H groups in total. The van der Waals surface area contributed by atoms with E-state index in [2.05, 4.69) is 5.32 Å². The molecule has 4 atom stereocenters. The van der Waals surface area contributed by atoms with Crippen LogP contribution in [0.15, 0.2) is 66.7 Å². The molecule has 0 spiro atoms. The van der Waals surface area contributed by atoms with Gasteiger partial charge < -0.3 is 35.5 Å². The molecule has 0 bridgehead atoms. The Morgan fingerprint density at radius 3 is 2.50 bits per heavy atom. The lowest BCUT2D eigenvalue weighted by Gasteiger charge is -2.22. The van der Waals surface area contributed by atoms with Crippen LogP contribution in [0.2, 0.25) is 0 Å². The molecule has 1 aliphatic carbocycles. The Morgan fingerprint density at radius 1 is 1.05 bits per heavy atom. The number of amides is 2. The lowest BCUT2D eigenvalue weighted by Crippen LogP contribution is -2.34. The lowest BCUT2D eigenvalue weighted by atomic mass is 9.99. The van der Waals surface area contributed by atoms with Crippen molar-refractivity contribution in [3.63, 3.8) is 0 Å². The third-order valence-electron chi connectivity index (χ3n) is 5.93. The zero-order chi connectivity index (χ0) is 27.3. The maximum atomic E-state index is 12.4. The molecule has 204 valence electrons. The fourth-order valence-electron chi connectivity index (χ4n) is 4.05. The van der Waals surface area contributed by atoms with Crippen LogP contribution in [0, 0.1) is 5.92 Å². The van der Waals surface area contributed by atoms with Gasteiger partial charge in [0.25, 0.3) is 0 Å². The number of esters is 1. The molecular formula is C28H34N2O8. The first-order valence-electron chi connectivity index (χ1n) is 12.5.